The van der Waals surface area contributed by atoms with Crippen LogP contribution in [0.4, 0.5) is 0 Å². The Morgan fingerprint density at radius 1 is 1.12 bits per heavy atom. The third kappa shape index (κ3) is 3.02. The number of carbonyl (C=O) groups is 2. The van der Waals surface area contributed by atoms with Crippen LogP contribution in [0.25, 0.3) is 0 Å². The monoisotopic (exact) mass is 230 g/mol. The van der Waals surface area contributed by atoms with E-state index in [9.17, 15) is 9.59 Å². The predicted octanol–water partition coefficient (Wildman–Crippen LogP) is 3.51. The number of rotatable bonds is 4. The van der Waals surface area contributed by atoms with Crippen LogP contribution in [0.5, 0.6) is 0 Å². The number of aldehydes is 1. The number of ketones is 1. The molecule has 2 nitrogen and oxygen atoms in total. The maximum atomic E-state index is 11.5. The highest BCUT2D eigenvalue weighted by atomic mass is 16.1. The molecule has 2 rings (SSSR count). The Labute approximate surface area is 102 Å². The smallest absolute Gasteiger partial charge is 0.169 e. The van der Waals surface area contributed by atoms with E-state index in [0.29, 0.717) is 17.8 Å². The Morgan fingerprint density at radius 2 is 1.76 bits per heavy atom. The molecule has 17 heavy (non-hydrogen) atoms. The van der Waals surface area contributed by atoms with Gasteiger partial charge in [-0.05, 0) is 24.3 Å². The number of carbonyl (C=O) groups excluding carboxylic acids is 2. The molecule has 1 aliphatic rings. The first kappa shape index (κ1) is 12.0. The zero-order valence-electron chi connectivity index (χ0n) is 10.0. The minimum absolute atomic E-state index is 0.0111. The van der Waals surface area contributed by atoms with Crippen molar-refractivity contribution in [3.05, 3.63) is 35.4 Å². The van der Waals surface area contributed by atoms with Gasteiger partial charge in [0.05, 0.1) is 6.42 Å². The van der Waals surface area contributed by atoms with E-state index in [1.54, 1.807) is 0 Å². The van der Waals surface area contributed by atoms with Gasteiger partial charge < -0.3 is 4.79 Å². The SMILES string of the molecule is O=CCC(=O)c1ccc(C2CCCCC2)cc1. The molecular formula is C15H18O2. The van der Waals surface area contributed by atoms with E-state index in [4.69, 9.17) is 0 Å². The summed E-state index contributed by atoms with van der Waals surface area (Å²) in [7, 11) is 0. The first-order valence-electron chi connectivity index (χ1n) is 6.38. The fourth-order valence-corrected chi connectivity index (χ4v) is 2.57. The summed E-state index contributed by atoms with van der Waals surface area (Å²) in [5.41, 5.74) is 1.99. The summed E-state index contributed by atoms with van der Waals surface area (Å²) in [6.45, 7) is 0. The fourth-order valence-electron chi connectivity index (χ4n) is 2.57. The summed E-state index contributed by atoms with van der Waals surface area (Å²) in [5.74, 6) is 0.578. The van der Waals surface area contributed by atoms with Gasteiger partial charge in [0.15, 0.2) is 5.78 Å². The molecule has 1 saturated carbocycles. The highest BCUT2D eigenvalue weighted by Gasteiger charge is 2.15. The minimum Gasteiger partial charge on any atom is -0.303 e. The van der Waals surface area contributed by atoms with Crippen LogP contribution >= 0.6 is 0 Å². The molecular weight excluding hydrogens is 212 g/mol. The largest absolute Gasteiger partial charge is 0.303 e. The zero-order valence-corrected chi connectivity index (χ0v) is 10.0. The molecule has 0 aromatic heterocycles. The van der Waals surface area contributed by atoms with Gasteiger partial charge in [-0.25, -0.2) is 0 Å². The molecule has 0 heterocycles. The molecule has 0 unspecified atom stereocenters. The van der Waals surface area contributed by atoms with Crippen LogP contribution in [0, 0.1) is 0 Å². The van der Waals surface area contributed by atoms with Crippen LogP contribution in [0.3, 0.4) is 0 Å². The second kappa shape index (κ2) is 5.76. The van der Waals surface area contributed by atoms with E-state index in [-0.39, 0.29) is 12.2 Å². The number of benzene rings is 1. The van der Waals surface area contributed by atoms with Gasteiger partial charge in [0.1, 0.15) is 6.29 Å². The Morgan fingerprint density at radius 3 is 2.35 bits per heavy atom. The molecule has 2 heteroatoms. The second-order valence-electron chi connectivity index (χ2n) is 4.75. The van der Waals surface area contributed by atoms with Gasteiger partial charge in [0.2, 0.25) is 0 Å². The van der Waals surface area contributed by atoms with Crippen molar-refractivity contribution in [2.45, 2.75) is 44.4 Å². The van der Waals surface area contributed by atoms with Crippen molar-refractivity contribution >= 4 is 12.1 Å². The summed E-state index contributed by atoms with van der Waals surface area (Å²) < 4.78 is 0. The first-order valence-corrected chi connectivity index (χ1v) is 6.38. The van der Waals surface area contributed by atoms with Crippen molar-refractivity contribution in [2.75, 3.05) is 0 Å². The summed E-state index contributed by atoms with van der Waals surface area (Å²) >= 11 is 0. The van der Waals surface area contributed by atoms with E-state index in [0.717, 1.165) is 0 Å². The number of Topliss-reactive ketones (excluding diaryl/α,β-unsaturated/α-hetero) is 1. The lowest BCUT2D eigenvalue weighted by Gasteiger charge is -2.21. The molecule has 0 radical (unpaired) electrons. The Hall–Kier alpha value is -1.44. The van der Waals surface area contributed by atoms with E-state index in [1.165, 1.54) is 37.7 Å². The molecule has 0 bridgehead atoms. The molecule has 1 aliphatic carbocycles. The summed E-state index contributed by atoms with van der Waals surface area (Å²) in [5, 5.41) is 0. The molecule has 1 aromatic rings. The minimum atomic E-state index is -0.0878. The van der Waals surface area contributed by atoms with Crippen LogP contribution in [0.1, 0.15) is 60.4 Å². The average Bonchev–Trinajstić information content (AvgIpc) is 2.40. The maximum Gasteiger partial charge on any atom is 0.169 e. The van der Waals surface area contributed by atoms with Crippen molar-refractivity contribution in [2.24, 2.45) is 0 Å². The van der Waals surface area contributed by atoms with Crippen molar-refractivity contribution in [1.29, 1.82) is 0 Å². The third-order valence-electron chi connectivity index (χ3n) is 3.58. The standard InChI is InChI=1S/C15H18O2/c16-11-10-15(17)14-8-6-13(7-9-14)12-4-2-1-3-5-12/h6-9,11-12H,1-5,10H2. The molecule has 0 saturated heterocycles. The Balaban J connectivity index is 2.06. The Kier molecular flexibility index (Phi) is 4.08. The summed E-state index contributed by atoms with van der Waals surface area (Å²) in [6, 6.07) is 7.81. The first-order chi connectivity index (χ1) is 8.31. The van der Waals surface area contributed by atoms with Crippen LogP contribution in [-0.4, -0.2) is 12.1 Å². The van der Waals surface area contributed by atoms with E-state index in [2.05, 4.69) is 0 Å². The topological polar surface area (TPSA) is 34.1 Å². The molecule has 0 atom stereocenters. The highest BCUT2D eigenvalue weighted by Crippen LogP contribution is 2.32. The van der Waals surface area contributed by atoms with Gasteiger partial charge in [-0.1, -0.05) is 43.5 Å². The molecule has 1 aromatic carbocycles. The van der Waals surface area contributed by atoms with Gasteiger partial charge in [-0.2, -0.15) is 0 Å². The Bertz CT molecular complexity index is 386. The van der Waals surface area contributed by atoms with E-state index in [1.807, 2.05) is 24.3 Å². The van der Waals surface area contributed by atoms with Crippen LogP contribution in [0.2, 0.25) is 0 Å². The lowest BCUT2D eigenvalue weighted by atomic mass is 9.84. The van der Waals surface area contributed by atoms with Gasteiger partial charge in [-0.15, -0.1) is 0 Å². The third-order valence-corrected chi connectivity index (χ3v) is 3.58. The van der Waals surface area contributed by atoms with Gasteiger partial charge in [-0.3, -0.25) is 4.79 Å². The van der Waals surface area contributed by atoms with Crippen molar-refractivity contribution in [1.82, 2.24) is 0 Å². The molecule has 0 spiro atoms. The van der Waals surface area contributed by atoms with Crippen molar-refractivity contribution < 1.29 is 9.59 Å². The predicted molar refractivity (Wildman–Crippen MR) is 67.3 cm³/mol. The molecule has 1 fully saturated rings. The molecule has 0 N–H and O–H groups in total. The highest BCUT2D eigenvalue weighted by molar-refractivity contribution is 6.02. The van der Waals surface area contributed by atoms with E-state index >= 15 is 0 Å². The lowest BCUT2D eigenvalue weighted by Crippen LogP contribution is -2.05. The summed E-state index contributed by atoms with van der Waals surface area (Å²) in [4.78, 5) is 21.8. The normalized spacial score (nSPS) is 16.7. The number of hydrogen-bond donors (Lipinski definition) is 0. The lowest BCUT2D eigenvalue weighted by molar-refractivity contribution is -0.107. The van der Waals surface area contributed by atoms with E-state index < -0.39 is 0 Å². The molecule has 90 valence electrons. The average molecular weight is 230 g/mol. The zero-order chi connectivity index (χ0) is 12.1. The number of hydrogen-bond acceptors (Lipinski definition) is 2. The summed E-state index contributed by atoms with van der Waals surface area (Å²) in [6.07, 6.45) is 7.17. The molecule has 0 amide bonds. The fraction of sp³-hybridized carbons (Fsp3) is 0.467. The maximum absolute atomic E-state index is 11.5. The van der Waals surface area contributed by atoms with Gasteiger partial charge in [0, 0.05) is 5.56 Å². The van der Waals surface area contributed by atoms with Crippen LogP contribution in [0.15, 0.2) is 24.3 Å². The second-order valence-corrected chi connectivity index (χ2v) is 4.75. The van der Waals surface area contributed by atoms with Gasteiger partial charge >= 0.3 is 0 Å². The molecule has 0 aliphatic heterocycles. The quantitative estimate of drug-likeness (QED) is 0.450. The van der Waals surface area contributed by atoms with Crippen LogP contribution < -0.4 is 0 Å². The van der Waals surface area contributed by atoms with Crippen LogP contribution in [-0.2, 0) is 4.79 Å². The van der Waals surface area contributed by atoms with Gasteiger partial charge in [0.25, 0.3) is 0 Å². The van der Waals surface area contributed by atoms with Crippen molar-refractivity contribution in [3.63, 3.8) is 0 Å². The van der Waals surface area contributed by atoms with Crippen molar-refractivity contribution in [3.8, 4) is 0 Å².